The van der Waals surface area contributed by atoms with Crippen LogP contribution in [0.15, 0.2) is 46.7 Å². The summed E-state index contributed by atoms with van der Waals surface area (Å²) in [6.07, 6.45) is -4.58. The number of nitrogens with zero attached hydrogens (tertiary/aromatic N) is 1. The number of benzene rings is 2. The molecule has 1 saturated heterocycles. The maximum Gasteiger partial charge on any atom is 0.419 e. The molecule has 1 aromatic heterocycles. The number of halogens is 6. The Hall–Kier alpha value is -2.05. The van der Waals surface area contributed by atoms with Crippen LogP contribution in [-0.2, 0) is 16.2 Å². The number of rotatable bonds is 6. The van der Waals surface area contributed by atoms with Gasteiger partial charge in [0, 0.05) is 24.7 Å². The Bertz CT molecular complexity index is 1360. The zero-order valence-corrected chi connectivity index (χ0v) is 21.1. The highest BCUT2D eigenvalue weighted by molar-refractivity contribution is 7.94. The molecule has 0 spiro atoms. The molecule has 1 aliphatic heterocycles. The average molecular weight is 569 g/mol. The molecule has 5 nitrogen and oxygen atoms in total. The van der Waals surface area contributed by atoms with Gasteiger partial charge in [-0.05, 0) is 49.4 Å². The summed E-state index contributed by atoms with van der Waals surface area (Å²) in [5, 5.41) is -0.155. The number of nitrogens with one attached hydrogen (secondary N) is 1. The molecule has 3 aromatic rings. The predicted molar refractivity (Wildman–Crippen MR) is 129 cm³/mol. The number of sulfonamides is 1. The number of alkyl halides is 3. The summed E-state index contributed by atoms with van der Waals surface area (Å²) in [5.74, 6) is -1.09. The lowest BCUT2D eigenvalue weighted by Crippen LogP contribution is -2.23. The molecule has 0 saturated carbocycles. The molecular weight excluding hydrogens is 551 g/mol. The van der Waals surface area contributed by atoms with Gasteiger partial charge in [0.15, 0.2) is 0 Å². The highest BCUT2D eigenvalue weighted by Gasteiger charge is 2.36. The average Bonchev–Trinajstić information content (AvgIpc) is 3.35. The van der Waals surface area contributed by atoms with Crippen LogP contribution in [0.3, 0.4) is 0 Å². The zero-order valence-electron chi connectivity index (χ0n) is 18.0. The Morgan fingerprint density at radius 2 is 1.89 bits per heavy atom. The van der Waals surface area contributed by atoms with Crippen LogP contribution < -0.4 is 9.46 Å². The molecule has 1 fully saturated rings. The maximum atomic E-state index is 13.5. The normalized spacial score (nSPS) is 17.1. The van der Waals surface area contributed by atoms with E-state index in [0.717, 1.165) is 35.6 Å². The molecule has 0 radical (unpaired) electrons. The molecule has 1 atom stereocenters. The van der Waals surface area contributed by atoms with Gasteiger partial charge in [0.25, 0.3) is 10.0 Å². The van der Waals surface area contributed by atoms with Gasteiger partial charge in [-0.15, -0.1) is 11.3 Å². The Kier molecular flexibility index (Phi) is 7.27. The van der Waals surface area contributed by atoms with Gasteiger partial charge in [0.1, 0.15) is 26.2 Å². The van der Waals surface area contributed by atoms with Crippen LogP contribution in [0.1, 0.15) is 12.0 Å². The minimum absolute atomic E-state index is 0.102. The Morgan fingerprint density at radius 3 is 2.51 bits per heavy atom. The molecule has 1 aliphatic rings. The summed E-state index contributed by atoms with van der Waals surface area (Å²) in [7, 11) is -2.38. The summed E-state index contributed by atoms with van der Waals surface area (Å²) < 4.78 is 87.8. The second-order valence-corrected chi connectivity index (χ2v) is 12.0. The third-order valence-corrected chi connectivity index (χ3v) is 8.84. The molecular formula is C22H18Cl2F4N2O3S2. The van der Waals surface area contributed by atoms with E-state index >= 15 is 0 Å². The summed E-state index contributed by atoms with van der Waals surface area (Å²) in [5.41, 5.74) is -0.369. The van der Waals surface area contributed by atoms with E-state index < -0.39 is 39.4 Å². The first kappa shape index (κ1) is 26.0. The summed E-state index contributed by atoms with van der Waals surface area (Å²) in [6, 6.07) is 7.95. The molecule has 188 valence electrons. The number of anilines is 1. The van der Waals surface area contributed by atoms with Gasteiger partial charge in [-0.25, -0.2) is 12.8 Å². The number of ether oxygens (including phenoxy) is 1. The van der Waals surface area contributed by atoms with Crippen LogP contribution in [0.4, 0.5) is 23.2 Å². The Labute approximate surface area is 213 Å². The molecule has 1 N–H and O–H groups in total. The van der Waals surface area contributed by atoms with Gasteiger partial charge in [-0.3, -0.25) is 4.72 Å². The van der Waals surface area contributed by atoms with E-state index in [4.69, 9.17) is 27.9 Å². The molecule has 35 heavy (non-hydrogen) atoms. The van der Waals surface area contributed by atoms with E-state index in [1.165, 1.54) is 18.2 Å². The van der Waals surface area contributed by atoms with Crippen molar-refractivity contribution in [3.63, 3.8) is 0 Å². The first-order chi connectivity index (χ1) is 16.3. The summed E-state index contributed by atoms with van der Waals surface area (Å²) in [6.45, 7) is 1.14. The largest absolute Gasteiger partial charge is 0.488 e. The first-order valence-electron chi connectivity index (χ1n) is 10.2. The monoisotopic (exact) mass is 568 g/mol. The van der Waals surface area contributed by atoms with Crippen LogP contribution in [0.5, 0.6) is 5.75 Å². The van der Waals surface area contributed by atoms with Gasteiger partial charge in [-0.1, -0.05) is 29.3 Å². The Morgan fingerprint density at radius 1 is 1.14 bits per heavy atom. The number of likely N-dealkylation sites (N-methyl/N-ethyl adjacent to an activating group) is 1. The van der Waals surface area contributed by atoms with Crippen molar-refractivity contribution in [2.24, 2.45) is 0 Å². The highest BCUT2D eigenvalue weighted by atomic mass is 35.5. The van der Waals surface area contributed by atoms with E-state index in [-0.39, 0.29) is 19.3 Å². The van der Waals surface area contributed by atoms with E-state index in [1.807, 2.05) is 11.9 Å². The van der Waals surface area contributed by atoms with Crippen molar-refractivity contribution in [3.8, 4) is 16.9 Å². The second kappa shape index (κ2) is 9.78. The third-order valence-electron chi connectivity index (χ3n) is 5.34. The summed E-state index contributed by atoms with van der Waals surface area (Å²) in [4.78, 5) is 1.93. The molecule has 2 heterocycles. The van der Waals surface area contributed by atoms with Crippen molar-refractivity contribution >= 4 is 50.2 Å². The van der Waals surface area contributed by atoms with E-state index in [2.05, 4.69) is 4.72 Å². The van der Waals surface area contributed by atoms with Crippen LogP contribution in [0, 0.1) is 5.82 Å². The van der Waals surface area contributed by atoms with E-state index in [0.29, 0.717) is 30.6 Å². The maximum absolute atomic E-state index is 13.5. The molecule has 0 bridgehead atoms. The zero-order chi connectivity index (χ0) is 25.5. The van der Waals surface area contributed by atoms with Gasteiger partial charge in [-0.2, -0.15) is 13.2 Å². The lowest BCUT2D eigenvalue weighted by atomic mass is 10.1. The topological polar surface area (TPSA) is 58.6 Å². The minimum atomic E-state index is -4.68. The molecule has 0 aliphatic carbocycles. The predicted octanol–water partition coefficient (Wildman–Crippen LogP) is 6.76. The number of thiophene rings is 1. The minimum Gasteiger partial charge on any atom is -0.488 e. The molecule has 2 aromatic carbocycles. The van der Waals surface area contributed by atoms with Crippen molar-refractivity contribution in [1.29, 1.82) is 0 Å². The number of hydrogen-bond acceptors (Lipinski definition) is 5. The highest BCUT2D eigenvalue weighted by Crippen LogP contribution is 2.41. The van der Waals surface area contributed by atoms with Crippen molar-refractivity contribution in [2.45, 2.75) is 22.9 Å². The fraction of sp³-hybridized carbons (Fsp3) is 0.273. The van der Waals surface area contributed by atoms with Gasteiger partial charge in [0.05, 0.1) is 16.3 Å². The molecule has 4 rings (SSSR count). The van der Waals surface area contributed by atoms with Crippen LogP contribution in [-0.4, -0.2) is 39.6 Å². The number of likely N-dealkylation sites (tertiary alicyclic amines) is 1. The quantitative estimate of drug-likeness (QED) is 0.333. The van der Waals surface area contributed by atoms with Crippen molar-refractivity contribution in [3.05, 3.63) is 63.2 Å². The fourth-order valence-electron chi connectivity index (χ4n) is 3.63. The lowest BCUT2D eigenvalue weighted by molar-refractivity contribution is -0.139. The fourth-order valence-corrected chi connectivity index (χ4v) is 6.63. The Balaban J connectivity index is 1.63. The SMILES string of the molecule is CN1CC[C@@H](Oc2cc(NS(=O)(=O)c3cc(-c4ccc(F)c(Cl)c4)c(Cl)s3)ccc2C(F)(F)F)C1. The first-order valence-corrected chi connectivity index (χ1v) is 13.2. The van der Waals surface area contributed by atoms with Gasteiger partial charge >= 0.3 is 6.18 Å². The van der Waals surface area contributed by atoms with Crippen LogP contribution in [0.25, 0.3) is 11.1 Å². The van der Waals surface area contributed by atoms with Gasteiger partial charge < -0.3 is 9.64 Å². The van der Waals surface area contributed by atoms with Crippen molar-refractivity contribution in [2.75, 3.05) is 24.9 Å². The second-order valence-electron chi connectivity index (χ2n) is 7.99. The standard InChI is InChI=1S/C22H18Cl2F4N2O3S2/c1-30-7-6-14(11-30)33-19-9-13(3-4-16(19)22(26,27)28)29-35(31,32)20-10-15(21(24)34-20)12-2-5-18(25)17(23)8-12/h2-5,8-10,14,29H,6-7,11H2,1H3/t14-/m1/s1. The summed E-state index contributed by atoms with van der Waals surface area (Å²) >= 11 is 12.8. The van der Waals surface area contributed by atoms with Crippen LogP contribution in [0.2, 0.25) is 9.36 Å². The molecule has 0 unspecified atom stereocenters. The smallest absolute Gasteiger partial charge is 0.419 e. The van der Waals surface area contributed by atoms with Crippen molar-refractivity contribution < 1.29 is 30.7 Å². The van der Waals surface area contributed by atoms with Crippen LogP contribution >= 0.6 is 34.5 Å². The third kappa shape index (κ3) is 5.86. The lowest BCUT2D eigenvalue weighted by Gasteiger charge is -2.19. The van der Waals surface area contributed by atoms with E-state index in [9.17, 15) is 26.0 Å². The molecule has 0 amide bonds. The van der Waals surface area contributed by atoms with Gasteiger partial charge in [0.2, 0.25) is 0 Å². The number of hydrogen-bond donors (Lipinski definition) is 1. The van der Waals surface area contributed by atoms with Crippen molar-refractivity contribution in [1.82, 2.24) is 4.90 Å². The molecule has 13 heteroatoms. The van der Waals surface area contributed by atoms with E-state index in [1.54, 1.807) is 0 Å².